The van der Waals surface area contributed by atoms with Crippen molar-refractivity contribution >= 4 is 17.1 Å². The molecule has 1 radical (unpaired) electrons. The van der Waals surface area contributed by atoms with E-state index in [4.69, 9.17) is 0 Å². The highest BCUT2D eigenvalue weighted by atomic mass is 16.1. The molecule has 2 rings (SSSR count). The van der Waals surface area contributed by atoms with Gasteiger partial charge < -0.3 is 0 Å². The maximum Gasteiger partial charge on any atom is 0.234 e. The lowest BCUT2D eigenvalue weighted by molar-refractivity contribution is 0.562. The van der Waals surface area contributed by atoms with Crippen molar-refractivity contribution in [3.05, 3.63) is 46.5 Å². The van der Waals surface area contributed by atoms with E-state index in [2.05, 4.69) is 66.0 Å². The van der Waals surface area contributed by atoms with Crippen LogP contribution in [0.2, 0.25) is 0 Å². The van der Waals surface area contributed by atoms with Crippen LogP contribution in [0.15, 0.2) is 24.3 Å². The van der Waals surface area contributed by atoms with Gasteiger partial charge in [0, 0.05) is 5.56 Å². The fourth-order valence-electron chi connectivity index (χ4n) is 3.46. The molecule has 21 heavy (non-hydrogen) atoms. The number of hydrogen-bond acceptors (Lipinski definition) is 1. The summed E-state index contributed by atoms with van der Waals surface area (Å²) in [4.78, 5) is 11.7. The number of hydrogen-bond donors (Lipinski definition) is 0. The second kappa shape index (κ2) is 6.01. The van der Waals surface area contributed by atoms with Crippen LogP contribution in [0.25, 0.3) is 10.8 Å². The van der Waals surface area contributed by atoms with Crippen LogP contribution in [0.4, 0.5) is 0 Å². The third kappa shape index (κ3) is 2.62. The molecule has 0 aliphatic rings. The first kappa shape index (κ1) is 15.8. The second-order valence-corrected chi connectivity index (χ2v) is 6.73. The molecule has 0 fully saturated rings. The lowest BCUT2D eigenvalue weighted by atomic mass is 9.77. The summed E-state index contributed by atoms with van der Waals surface area (Å²) in [7, 11) is 0. The van der Waals surface area contributed by atoms with Crippen LogP contribution < -0.4 is 0 Å². The van der Waals surface area contributed by atoms with E-state index in [1.807, 2.05) is 6.07 Å². The van der Waals surface area contributed by atoms with Gasteiger partial charge >= 0.3 is 0 Å². The van der Waals surface area contributed by atoms with Crippen molar-refractivity contribution in [1.82, 2.24) is 0 Å². The van der Waals surface area contributed by atoms with Crippen molar-refractivity contribution in [2.24, 2.45) is 0 Å². The van der Waals surface area contributed by atoms with Gasteiger partial charge in [-0.3, -0.25) is 4.79 Å². The van der Waals surface area contributed by atoms with Gasteiger partial charge in [-0.1, -0.05) is 65.8 Å². The first-order valence-electron chi connectivity index (χ1n) is 7.86. The molecular formula is C20H25O. The molecule has 0 unspecified atom stereocenters. The van der Waals surface area contributed by atoms with Gasteiger partial charge in [-0.2, -0.15) is 0 Å². The van der Waals surface area contributed by atoms with E-state index in [9.17, 15) is 4.79 Å². The van der Waals surface area contributed by atoms with Crippen molar-refractivity contribution in [2.75, 3.05) is 0 Å². The molecule has 0 atom stereocenters. The molecule has 0 N–H and O–H groups in total. The van der Waals surface area contributed by atoms with Crippen molar-refractivity contribution in [3.63, 3.8) is 0 Å². The summed E-state index contributed by atoms with van der Waals surface area (Å²) in [5.74, 6) is 1.16. The summed E-state index contributed by atoms with van der Waals surface area (Å²) in [6.45, 7) is 13.2. The standard InChI is InChI=1S/C20H25O/c1-12(2)18-16-10-8-7-9-15(16)17(11-21)19(13(3)4)20(18)14(5)6/h7-10,12-14H,1-6H3. The van der Waals surface area contributed by atoms with E-state index in [-0.39, 0.29) is 0 Å². The predicted molar refractivity (Wildman–Crippen MR) is 91.0 cm³/mol. The number of rotatable bonds is 4. The van der Waals surface area contributed by atoms with E-state index in [1.54, 1.807) is 0 Å². The molecule has 111 valence electrons. The summed E-state index contributed by atoms with van der Waals surface area (Å²) in [6.07, 6.45) is 2.23. The highest BCUT2D eigenvalue weighted by molar-refractivity contribution is 6.02. The molecule has 2 aromatic rings. The SMILES string of the molecule is CC(C)c1c(C(C)C)c(C(C)C)c2ccccc2c1[C]=O. The molecule has 1 nitrogen and oxygen atoms in total. The van der Waals surface area contributed by atoms with E-state index in [0.717, 1.165) is 10.9 Å². The molecule has 0 amide bonds. The van der Waals surface area contributed by atoms with Crippen LogP contribution >= 0.6 is 0 Å². The molecule has 0 saturated heterocycles. The van der Waals surface area contributed by atoms with E-state index in [1.165, 1.54) is 22.1 Å². The fourth-order valence-corrected chi connectivity index (χ4v) is 3.46. The molecule has 0 aliphatic carbocycles. The van der Waals surface area contributed by atoms with Crippen LogP contribution in [0.5, 0.6) is 0 Å². The number of carbonyl (C=O) groups excluding carboxylic acids is 1. The Balaban J connectivity index is 3.09. The van der Waals surface area contributed by atoms with Gasteiger partial charge in [-0.25, -0.2) is 0 Å². The minimum Gasteiger partial charge on any atom is -0.285 e. The Bertz CT molecular complexity index is 663. The van der Waals surface area contributed by atoms with Crippen LogP contribution in [0.3, 0.4) is 0 Å². The van der Waals surface area contributed by atoms with Crippen molar-refractivity contribution in [3.8, 4) is 0 Å². The Morgan fingerprint density at radius 1 is 0.714 bits per heavy atom. The Morgan fingerprint density at radius 3 is 1.62 bits per heavy atom. The highest BCUT2D eigenvalue weighted by Gasteiger charge is 2.24. The van der Waals surface area contributed by atoms with Crippen LogP contribution in [-0.4, -0.2) is 6.29 Å². The van der Waals surface area contributed by atoms with E-state index >= 15 is 0 Å². The molecule has 0 bridgehead atoms. The van der Waals surface area contributed by atoms with E-state index in [0.29, 0.717) is 17.8 Å². The fraction of sp³-hybridized carbons (Fsp3) is 0.450. The Hall–Kier alpha value is -1.63. The first-order chi connectivity index (χ1) is 9.90. The number of benzene rings is 2. The maximum absolute atomic E-state index is 11.7. The third-order valence-electron chi connectivity index (χ3n) is 4.17. The first-order valence-corrected chi connectivity index (χ1v) is 7.86. The zero-order valence-electron chi connectivity index (χ0n) is 13.9. The molecule has 1 heteroatoms. The summed E-state index contributed by atoms with van der Waals surface area (Å²) >= 11 is 0. The average Bonchev–Trinajstić information content (AvgIpc) is 2.43. The minimum absolute atomic E-state index is 0.320. The topological polar surface area (TPSA) is 17.1 Å². The van der Waals surface area contributed by atoms with Gasteiger partial charge in [0.25, 0.3) is 0 Å². The van der Waals surface area contributed by atoms with Crippen molar-refractivity contribution < 1.29 is 4.79 Å². The molecule has 0 aliphatic heterocycles. The summed E-state index contributed by atoms with van der Waals surface area (Å²) in [5, 5.41) is 2.25. The van der Waals surface area contributed by atoms with Gasteiger partial charge in [0.05, 0.1) is 0 Å². The van der Waals surface area contributed by atoms with Gasteiger partial charge in [0.2, 0.25) is 6.29 Å². The molecule has 0 heterocycles. The summed E-state index contributed by atoms with van der Waals surface area (Å²) in [6, 6.07) is 8.26. The van der Waals surface area contributed by atoms with Gasteiger partial charge in [0.1, 0.15) is 0 Å². The molecule has 2 aromatic carbocycles. The quantitative estimate of drug-likeness (QED) is 0.706. The molecule has 0 aromatic heterocycles. The lowest BCUT2D eigenvalue weighted by Crippen LogP contribution is -2.10. The van der Waals surface area contributed by atoms with Crippen LogP contribution in [0, 0.1) is 0 Å². The molecule has 0 saturated carbocycles. The summed E-state index contributed by atoms with van der Waals surface area (Å²) < 4.78 is 0. The van der Waals surface area contributed by atoms with Gasteiger partial charge in [0.15, 0.2) is 0 Å². The largest absolute Gasteiger partial charge is 0.285 e. The second-order valence-electron chi connectivity index (χ2n) is 6.73. The zero-order chi connectivity index (χ0) is 15.7. The van der Waals surface area contributed by atoms with Gasteiger partial charge in [-0.05, 0) is 45.2 Å². The van der Waals surface area contributed by atoms with Crippen molar-refractivity contribution in [2.45, 2.75) is 59.3 Å². The minimum atomic E-state index is 0.320. The average molecular weight is 281 g/mol. The molecular weight excluding hydrogens is 256 g/mol. The monoisotopic (exact) mass is 281 g/mol. The lowest BCUT2D eigenvalue weighted by Gasteiger charge is -2.26. The number of fused-ring (bicyclic) bond motifs is 1. The molecule has 0 spiro atoms. The summed E-state index contributed by atoms with van der Waals surface area (Å²) in [5.41, 5.74) is 4.68. The maximum atomic E-state index is 11.7. The predicted octanol–water partition coefficient (Wildman–Crippen LogP) is 5.67. The normalized spacial score (nSPS) is 11.9. The van der Waals surface area contributed by atoms with Crippen molar-refractivity contribution in [1.29, 1.82) is 0 Å². The zero-order valence-corrected chi connectivity index (χ0v) is 13.9. The highest BCUT2D eigenvalue weighted by Crippen LogP contribution is 2.40. The Kier molecular flexibility index (Phi) is 4.51. The van der Waals surface area contributed by atoms with E-state index < -0.39 is 0 Å². The smallest absolute Gasteiger partial charge is 0.234 e. The van der Waals surface area contributed by atoms with Gasteiger partial charge in [-0.15, -0.1) is 0 Å². The van der Waals surface area contributed by atoms with Crippen LogP contribution in [-0.2, 0) is 4.79 Å². The third-order valence-corrected chi connectivity index (χ3v) is 4.17. The van der Waals surface area contributed by atoms with Crippen LogP contribution in [0.1, 0.15) is 81.5 Å². The Labute approximate surface area is 128 Å². The Morgan fingerprint density at radius 2 is 1.19 bits per heavy atom.